The molecule has 182 valence electrons. The average molecular weight is 475 g/mol. The van der Waals surface area contributed by atoms with Gasteiger partial charge in [0.15, 0.2) is 5.78 Å². The number of benzene rings is 1. The van der Waals surface area contributed by atoms with Gasteiger partial charge in [0.05, 0.1) is 6.04 Å². The number of anilines is 1. The highest BCUT2D eigenvalue weighted by molar-refractivity contribution is 7.80. The summed E-state index contributed by atoms with van der Waals surface area (Å²) in [4.78, 5) is 49.2. The van der Waals surface area contributed by atoms with E-state index >= 15 is 0 Å². The highest BCUT2D eigenvalue weighted by Gasteiger charge is 2.29. The smallest absolute Gasteiger partial charge is 0.244 e. The third-order valence-electron chi connectivity index (χ3n) is 5.60. The van der Waals surface area contributed by atoms with E-state index in [9.17, 15) is 19.2 Å². The zero-order valence-electron chi connectivity index (χ0n) is 20.4. The summed E-state index contributed by atoms with van der Waals surface area (Å²) in [6.07, 6.45) is 4.93. The van der Waals surface area contributed by atoms with E-state index in [1.54, 1.807) is 30.3 Å². The molecule has 0 aliphatic carbocycles. The van der Waals surface area contributed by atoms with Crippen LogP contribution in [0.4, 0.5) is 5.69 Å². The molecule has 7 heteroatoms. The van der Waals surface area contributed by atoms with Crippen LogP contribution in [-0.2, 0) is 19.2 Å². The molecule has 2 amide bonds. The van der Waals surface area contributed by atoms with Gasteiger partial charge in [0.25, 0.3) is 0 Å². The van der Waals surface area contributed by atoms with Crippen LogP contribution in [0, 0.1) is 17.8 Å². The molecule has 1 rings (SSSR count). The lowest BCUT2D eigenvalue weighted by atomic mass is 9.85. The molecular weight excluding hydrogens is 436 g/mol. The van der Waals surface area contributed by atoms with Crippen LogP contribution in [0.2, 0.25) is 0 Å². The molecule has 1 aromatic rings. The van der Waals surface area contributed by atoms with Gasteiger partial charge in [-0.05, 0) is 54.7 Å². The van der Waals surface area contributed by atoms with Crippen molar-refractivity contribution in [2.75, 3.05) is 11.1 Å². The summed E-state index contributed by atoms with van der Waals surface area (Å²) in [5.41, 5.74) is 1.46. The van der Waals surface area contributed by atoms with Crippen LogP contribution in [0.25, 0.3) is 6.08 Å². The van der Waals surface area contributed by atoms with E-state index in [2.05, 4.69) is 23.3 Å². The second-order valence-corrected chi connectivity index (χ2v) is 9.40. The van der Waals surface area contributed by atoms with Crippen molar-refractivity contribution in [1.82, 2.24) is 5.32 Å². The topological polar surface area (TPSA) is 92.3 Å². The Morgan fingerprint density at radius 3 is 2.21 bits per heavy atom. The summed E-state index contributed by atoms with van der Waals surface area (Å²) >= 11 is 4.04. The van der Waals surface area contributed by atoms with Gasteiger partial charge < -0.3 is 10.6 Å². The number of nitrogens with one attached hydrogen (secondary N) is 2. The van der Waals surface area contributed by atoms with Gasteiger partial charge in [-0.25, -0.2) is 0 Å². The predicted molar refractivity (Wildman–Crippen MR) is 137 cm³/mol. The van der Waals surface area contributed by atoms with Crippen molar-refractivity contribution in [2.45, 2.75) is 66.3 Å². The van der Waals surface area contributed by atoms with Crippen molar-refractivity contribution in [3.8, 4) is 0 Å². The predicted octanol–water partition coefficient (Wildman–Crippen LogP) is 4.70. The van der Waals surface area contributed by atoms with Gasteiger partial charge in [0.2, 0.25) is 11.8 Å². The average Bonchev–Trinajstić information content (AvgIpc) is 2.75. The minimum Gasteiger partial charge on any atom is -0.342 e. The fraction of sp³-hybridized carbons (Fsp3) is 0.538. The zero-order valence-corrected chi connectivity index (χ0v) is 21.3. The quantitative estimate of drug-likeness (QED) is 0.269. The maximum absolute atomic E-state index is 13.0. The number of hydrogen-bond donors (Lipinski definition) is 3. The standard InChI is InChI=1S/C26H38N2O4S/c1-6-18(4)26(23(30)16-21(19(5)29)15-17(2)3)28-24(31)12-9-20-7-10-22(11-8-20)27-25(32)13-14-33/h7-12,17-18,21,26,33H,6,13-16H2,1-5H3,(H,27,32)(H,28,31)/b12-9+/t18?,21-,26+/m1/s1. The molecule has 33 heavy (non-hydrogen) atoms. The number of amides is 2. The van der Waals surface area contributed by atoms with Crippen LogP contribution in [0.15, 0.2) is 30.3 Å². The number of thiol groups is 1. The Morgan fingerprint density at radius 2 is 1.70 bits per heavy atom. The zero-order chi connectivity index (χ0) is 25.0. The van der Waals surface area contributed by atoms with Crippen LogP contribution < -0.4 is 10.6 Å². The Balaban J connectivity index is 2.80. The fourth-order valence-corrected chi connectivity index (χ4v) is 3.69. The molecule has 0 bridgehead atoms. The van der Waals surface area contributed by atoms with E-state index in [1.807, 2.05) is 27.7 Å². The molecule has 0 saturated heterocycles. The summed E-state index contributed by atoms with van der Waals surface area (Å²) in [5, 5.41) is 5.61. The Hall–Kier alpha value is -2.41. The second-order valence-electron chi connectivity index (χ2n) is 8.96. The molecule has 0 radical (unpaired) electrons. The normalized spacial score (nSPS) is 14.0. The van der Waals surface area contributed by atoms with Crippen molar-refractivity contribution < 1.29 is 19.2 Å². The first-order valence-corrected chi connectivity index (χ1v) is 12.2. The minimum atomic E-state index is -0.634. The summed E-state index contributed by atoms with van der Waals surface area (Å²) < 4.78 is 0. The van der Waals surface area contributed by atoms with Crippen molar-refractivity contribution in [3.05, 3.63) is 35.9 Å². The molecule has 0 aliphatic rings. The lowest BCUT2D eigenvalue weighted by Gasteiger charge is -2.25. The van der Waals surface area contributed by atoms with Crippen molar-refractivity contribution >= 4 is 47.8 Å². The Labute approximate surface area is 203 Å². The van der Waals surface area contributed by atoms with Crippen LogP contribution in [0.1, 0.15) is 65.9 Å². The minimum absolute atomic E-state index is 0.0106. The van der Waals surface area contributed by atoms with Crippen LogP contribution in [-0.4, -0.2) is 35.2 Å². The Morgan fingerprint density at radius 1 is 1.06 bits per heavy atom. The summed E-state index contributed by atoms with van der Waals surface area (Å²) in [7, 11) is 0. The number of carbonyl (C=O) groups is 4. The lowest BCUT2D eigenvalue weighted by Crippen LogP contribution is -2.45. The molecule has 0 heterocycles. The van der Waals surface area contributed by atoms with Crippen LogP contribution in [0.3, 0.4) is 0 Å². The molecule has 0 aliphatic heterocycles. The first kappa shape index (κ1) is 28.6. The monoisotopic (exact) mass is 474 g/mol. The summed E-state index contributed by atoms with van der Waals surface area (Å²) in [5.74, 6) is -0.116. The fourth-order valence-electron chi connectivity index (χ4n) is 3.48. The number of carbonyl (C=O) groups excluding carboxylic acids is 4. The van der Waals surface area contributed by atoms with Crippen molar-refractivity contribution in [3.63, 3.8) is 0 Å². The highest BCUT2D eigenvalue weighted by Crippen LogP contribution is 2.20. The van der Waals surface area contributed by atoms with Crippen molar-refractivity contribution in [1.29, 1.82) is 0 Å². The number of hydrogen-bond acceptors (Lipinski definition) is 5. The van der Waals surface area contributed by atoms with E-state index in [4.69, 9.17) is 0 Å². The van der Waals surface area contributed by atoms with E-state index in [1.165, 1.54) is 13.0 Å². The molecule has 0 aromatic heterocycles. The van der Waals surface area contributed by atoms with E-state index in [0.29, 0.717) is 30.2 Å². The molecule has 0 fully saturated rings. The van der Waals surface area contributed by atoms with Crippen LogP contribution >= 0.6 is 12.6 Å². The van der Waals surface area contributed by atoms with Gasteiger partial charge in [0, 0.05) is 30.5 Å². The summed E-state index contributed by atoms with van der Waals surface area (Å²) in [6, 6.07) is 6.47. The number of ketones is 2. The van der Waals surface area contributed by atoms with E-state index < -0.39 is 6.04 Å². The van der Waals surface area contributed by atoms with Crippen molar-refractivity contribution in [2.24, 2.45) is 17.8 Å². The van der Waals surface area contributed by atoms with Gasteiger partial charge in [-0.15, -0.1) is 0 Å². The Bertz CT molecular complexity index is 833. The molecule has 0 spiro atoms. The first-order valence-electron chi connectivity index (χ1n) is 11.6. The lowest BCUT2D eigenvalue weighted by molar-refractivity contribution is -0.130. The molecular formula is C26H38N2O4S. The molecule has 6 nitrogen and oxygen atoms in total. The highest BCUT2D eigenvalue weighted by atomic mass is 32.1. The summed E-state index contributed by atoms with van der Waals surface area (Å²) in [6.45, 7) is 9.49. The molecule has 3 atom stereocenters. The number of rotatable bonds is 14. The Kier molecular flexibility index (Phi) is 12.7. The third kappa shape index (κ3) is 10.8. The number of Topliss-reactive ketones (excluding diaryl/α,β-unsaturated/α-hetero) is 2. The molecule has 1 aromatic carbocycles. The first-order chi connectivity index (χ1) is 15.6. The maximum atomic E-state index is 13.0. The molecule has 0 saturated carbocycles. The van der Waals surface area contributed by atoms with Gasteiger partial charge in [0.1, 0.15) is 5.78 Å². The third-order valence-corrected chi connectivity index (χ3v) is 5.82. The van der Waals surface area contributed by atoms with E-state index in [-0.39, 0.29) is 41.6 Å². The molecule has 1 unspecified atom stereocenters. The van der Waals surface area contributed by atoms with E-state index in [0.717, 1.165) is 12.0 Å². The van der Waals surface area contributed by atoms with Gasteiger partial charge in [-0.1, -0.05) is 46.2 Å². The largest absolute Gasteiger partial charge is 0.342 e. The van der Waals surface area contributed by atoms with Gasteiger partial charge in [-0.3, -0.25) is 19.2 Å². The van der Waals surface area contributed by atoms with Gasteiger partial charge in [-0.2, -0.15) is 12.6 Å². The molecule has 2 N–H and O–H groups in total. The maximum Gasteiger partial charge on any atom is 0.244 e. The SMILES string of the molecule is CCC(C)[C@H](NC(=O)/C=C/c1ccc(NC(=O)CCS)cc1)C(=O)C[C@@H](CC(C)C)C(C)=O. The van der Waals surface area contributed by atoms with Crippen LogP contribution in [0.5, 0.6) is 0 Å². The second kappa shape index (κ2) is 14.7. The van der Waals surface area contributed by atoms with Gasteiger partial charge >= 0.3 is 0 Å².